The van der Waals surface area contributed by atoms with E-state index in [0.717, 1.165) is 74.4 Å². The number of carbonyl (C=O) groups is 1. The number of alkyl halides is 3. The molecule has 0 unspecified atom stereocenters. The molecule has 0 saturated heterocycles. The molecular formula is C26H34F3N3O2S. The minimum atomic E-state index is -4.13. The summed E-state index contributed by atoms with van der Waals surface area (Å²) in [6.07, 6.45) is 3.78. The van der Waals surface area contributed by atoms with Crippen LogP contribution in [0.1, 0.15) is 66.2 Å². The number of ketones is 1. The largest absolute Gasteiger partial charge is 0.484 e. The van der Waals surface area contributed by atoms with E-state index in [1.807, 2.05) is 19.1 Å². The van der Waals surface area contributed by atoms with Crippen molar-refractivity contribution < 1.29 is 22.7 Å². The summed E-state index contributed by atoms with van der Waals surface area (Å²) in [4.78, 5) is 24.6. The predicted octanol–water partition coefficient (Wildman–Crippen LogP) is 5.93. The standard InChI is InChI=1S/C26H34F3N3O2S/c1-18-2-7-22(15-30-18)34-17-21(33)14-20-5-3-19(4-6-20)9-12-32-13-10-24-23(16-32)31-25(35-24)8-11-26(27,28)29/h2,7,15,19-20H,3-6,8-14,16-17H2,1H3. The molecule has 9 heteroatoms. The lowest BCUT2D eigenvalue weighted by Gasteiger charge is -2.31. The van der Waals surface area contributed by atoms with Crippen LogP contribution < -0.4 is 4.74 Å². The summed E-state index contributed by atoms with van der Waals surface area (Å²) < 4.78 is 43.1. The first kappa shape index (κ1) is 26.1. The first-order valence-corrected chi connectivity index (χ1v) is 13.4. The van der Waals surface area contributed by atoms with E-state index in [4.69, 9.17) is 4.74 Å². The number of hydrogen-bond donors (Lipinski definition) is 0. The molecule has 2 aliphatic rings. The summed E-state index contributed by atoms with van der Waals surface area (Å²) in [5.41, 5.74) is 1.90. The van der Waals surface area contributed by atoms with Crippen molar-refractivity contribution in [3.63, 3.8) is 0 Å². The van der Waals surface area contributed by atoms with Gasteiger partial charge < -0.3 is 4.74 Å². The Bertz CT molecular complexity index is 969. The Balaban J connectivity index is 1.12. The van der Waals surface area contributed by atoms with E-state index in [9.17, 15) is 18.0 Å². The number of aromatic nitrogens is 2. The van der Waals surface area contributed by atoms with Gasteiger partial charge in [-0.05, 0) is 63.1 Å². The maximum absolute atomic E-state index is 12.5. The zero-order chi connectivity index (χ0) is 24.8. The summed E-state index contributed by atoms with van der Waals surface area (Å²) in [7, 11) is 0. The third-order valence-corrected chi connectivity index (χ3v) is 8.31. The number of Topliss-reactive ketones (excluding diaryl/α,β-unsaturated/α-hetero) is 1. The van der Waals surface area contributed by atoms with E-state index in [1.165, 1.54) is 11.3 Å². The van der Waals surface area contributed by atoms with Crippen LogP contribution in [-0.4, -0.2) is 46.5 Å². The van der Waals surface area contributed by atoms with Crippen molar-refractivity contribution >= 4 is 17.1 Å². The summed E-state index contributed by atoms with van der Waals surface area (Å²) >= 11 is 1.45. The Morgan fingerprint density at radius 3 is 2.69 bits per heavy atom. The SMILES string of the molecule is Cc1ccc(OCC(=O)CC2CCC(CCN3CCc4sc(CCC(F)(F)F)nc4C3)CC2)cn1. The molecule has 3 heterocycles. The van der Waals surface area contributed by atoms with Gasteiger partial charge in [-0.2, -0.15) is 13.2 Å². The number of thiazole rings is 1. The van der Waals surface area contributed by atoms with Gasteiger partial charge in [-0.3, -0.25) is 14.7 Å². The quantitative estimate of drug-likeness (QED) is 0.397. The second-order valence-corrected chi connectivity index (χ2v) is 11.1. The van der Waals surface area contributed by atoms with Gasteiger partial charge in [0.15, 0.2) is 5.78 Å². The topological polar surface area (TPSA) is 55.3 Å². The first-order chi connectivity index (χ1) is 16.7. The van der Waals surface area contributed by atoms with Crippen molar-refractivity contribution in [2.75, 3.05) is 19.7 Å². The van der Waals surface area contributed by atoms with E-state index in [-0.39, 0.29) is 18.8 Å². The minimum absolute atomic E-state index is 0.0117. The molecule has 2 aromatic rings. The van der Waals surface area contributed by atoms with Crippen LogP contribution in [0, 0.1) is 18.8 Å². The van der Waals surface area contributed by atoms with Crippen LogP contribution in [0.15, 0.2) is 18.3 Å². The zero-order valence-electron chi connectivity index (χ0n) is 20.3. The van der Waals surface area contributed by atoms with Gasteiger partial charge in [-0.1, -0.05) is 12.8 Å². The van der Waals surface area contributed by atoms with Gasteiger partial charge in [-0.15, -0.1) is 11.3 Å². The number of ether oxygens (including phenoxy) is 1. The van der Waals surface area contributed by atoms with Crippen LogP contribution in [0.4, 0.5) is 13.2 Å². The third kappa shape index (κ3) is 8.27. The summed E-state index contributed by atoms with van der Waals surface area (Å²) in [6.45, 7) is 4.72. The maximum atomic E-state index is 12.5. The Morgan fingerprint density at radius 1 is 1.20 bits per heavy atom. The number of rotatable bonds is 10. The van der Waals surface area contributed by atoms with Gasteiger partial charge in [0.1, 0.15) is 12.4 Å². The number of halogens is 3. The van der Waals surface area contributed by atoms with Crippen molar-refractivity contribution in [1.29, 1.82) is 0 Å². The van der Waals surface area contributed by atoms with E-state index < -0.39 is 12.6 Å². The first-order valence-electron chi connectivity index (χ1n) is 12.6. The maximum Gasteiger partial charge on any atom is 0.389 e. The Morgan fingerprint density at radius 2 is 1.97 bits per heavy atom. The van der Waals surface area contributed by atoms with E-state index >= 15 is 0 Å². The molecule has 35 heavy (non-hydrogen) atoms. The van der Waals surface area contributed by atoms with E-state index in [1.54, 1.807) is 6.20 Å². The summed E-state index contributed by atoms with van der Waals surface area (Å²) in [5, 5.41) is 0.614. The third-order valence-electron chi connectivity index (χ3n) is 7.09. The minimum Gasteiger partial charge on any atom is -0.484 e. The lowest BCUT2D eigenvalue weighted by atomic mass is 9.78. The van der Waals surface area contributed by atoms with Gasteiger partial charge in [0.2, 0.25) is 0 Å². The molecule has 1 saturated carbocycles. The Kier molecular flexibility index (Phi) is 8.81. The lowest BCUT2D eigenvalue weighted by molar-refractivity contribution is -0.134. The van der Waals surface area contributed by atoms with Crippen molar-refractivity contribution in [3.05, 3.63) is 39.6 Å². The molecule has 1 aliphatic carbocycles. The van der Waals surface area contributed by atoms with Crippen molar-refractivity contribution in [2.45, 2.75) is 77.4 Å². The van der Waals surface area contributed by atoms with Crippen LogP contribution >= 0.6 is 11.3 Å². The van der Waals surface area contributed by atoms with Crippen molar-refractivity contribution in [1.82, 2.24) is 14.9 Å². The van der Waals surface area contributed by atoms with E-state index in [2.05, 4.69) is 14.9 Å². The molecule has 5 nitrogen and oxygen atoms in total. The number of pyridine rings is 1. The normalized spacial score (nSPS) is 21.0. The highest BCUT2D eigenvalue weighted by molar-refractivity contribution is 7.11. The molecule has 0 radical (unpaired) electrons. The number of hydrogen-bond acceptors (Lipinski definition) is 6. The fourth-order valence-corrected chi connectivity index (χ4v) is 6.09. The Labute approximate surface area is 209 Å². The molecule has 0 bridgehead atoms. The summed E-state index contributed by atoms with van der Waals surface area (Å²) in [5.74, 6) is 1.90. The highest BCUT2D eigenvalue weighted by Gasteiger charge is 2.29. The van der Waals surface area contributed by atoms with Gasteiger partial charge >= 0.3 is 6.18 Å². The number of carbonyl (C=O) groups excluding carboxylic acids is 1. The van der Waals surface area contributed by atoms with Crippen LogP contribution in [0.2, 0.25) is 0 Å². The molecule has 0 aromatic carbocycles. The highest BCUT2D eigenvalue weighted by atomic mass is 32.1. The number of aryl methyl sites for hydroxylation is 2. The van der Waals surface area contributed by atoms with Crippen molar-refractivity contribution in [3.8, 4) is 5.75 Å². The molecule has 0 atom stereocenters. The van der Waals surface area contributed by atoms with Crippen LogP contribution in [0.5, 0.6) is 5.75 Å². The average molecular weight is 510 g/mol. The Hall–Kier alpha value is -2.00. The molecule has 192 valence electrons. The molecule has 4 rings (SSSR count). The smallest absolute Gasteiger partial charge is 0.389 e. The molecule has 1 fully saturated rings. The van der Waals surface area contributed by atoms with Crippen LogP contribution in [0.3, 0.4) is 0 Å². The summed E-state index contributed by atoms with van der Waals surface area (Å²) in [6, 6.07) is 3.71. The molecule has 2 aromatic heterocycles. The molecule has 1 aliphatic heterocycles. The number of fused-ring (bicyclic) bond motifs is 1. The highest BCUT2D eigenvalue weighted by Crippen LogP contribution is 2.34. The molecular weight excluding hydrogens is 475 g/mol. The molecule has 0 N–H and O–H groups in total. The molecule has 0 spiro atoms. The fourth-order valence-electron chi connectivity index (χ4n) is 5.03. The number of nitrogens with zero attached hydrogens (tertiary/aromatic N) is 3. The monoisotopic (exact) mass is 509 g/mol. The van der Waals surface area contributed by atoms with Gasteiger partial charge in [0.25, 0.3) is 0 Å². The second kappa shape index (κ2) is 11.8. The zero-order valence-corrected chi connectivity index (χ0v) is 21.1. The van der Waals surface area contributed by atoms with Crippen molar-refractivity contribution in [2.24, 2.45) is 11.8 Å². The molecule has 0 amide bonds. The van der Waals surface area contributed by atoms with Gasteiger partial charge in [0, 0.05) is 42.9 Å². The van der Waals surface area contributed by atoms with Gasteiger partial charge in [0.05, 0.1) is 16.9 Å². The fraction of sp³-hybridized carbons (Fsp3) is 0.654. The van der Waals surface area contributed by atoms with Crippen LogP contribution in [0.25, 0.3) is 0 Å². The lowest BCUT2D eigenvalue weighted by Crippen LogP contribution is -2.32. The average Bonchev–Trinajstić information content (AvgIpc) is 3.24. The van der Waals surface area contributed by atoms with Crippen LogP contribution in [-0.2, 0) is 24.2 Å². The second-order valence-electron chi connectivity index (χ2n) is 9.96. The predicted molar refractivity (Wildman–Crippen MR) is 130 cm³/mol. The van der Waals surface area contributed by atoms with Gasteiger partial charge in [-0.25, -0.2) is 4.98 Å². The van der Waals surface area contributed by atoms with E-state index in [0.29, 0.717) is 29.0 Å².